The quantitative estimate of drug-likeness (QED) is 0.218. The Kier molecular flexibility index (Phi) is 11.0. The predicted octanol–water partition coefficient (Wildman–Crippen LogP) is 5.64. The van der Waals surface area contributed by atoms with Crippen molar-refractivity contribution in [1.29, 1.82) is 0 Å². The molecular weight excluding hydrogens is 738 g/mol. The van der Waals surface area contributed by atoms with Crippen LogP contribution in [0, 0.1) is 13.8 Å². The summed E-state index contributed by atoms with van der Waals surface area (Å²) in [5.41, 5.74) is 14.6. The molecular formula is C45H45Cl3Zr. The smallest absolute Gasteiger partial charge is 1.00 e. The van der Waals surface area contributed by atoms with E-state index in [1.807, 2.05) is 0 Å². The van der Waals surface area contributed by atoms with Gasteiger partial charge in [0.1, 0.15) is 0 Å². The van der Waals surface area contributed by atoms with Crippen LogP contribution in [0.1, 0.15) is 92.5 Å². The van der Waals surface area contributed by atoms with E-state index in [1.54, 1.807) is 15.3 Å². The number of halogens is 3. The van der Waals surface area contributed by atoms with Gasteiger partial charge in [-0.1, -0.05) is 0 Å². The van der Waals surface area contributed by atoms with E-state index in [2.05, 4.69) is 159 Å². The Hall–Kier alpha value is -2.54. The number of hydrogen-bond donors (Lipinski definition) is 0. The Balaban J connectivity index is 0.00000234. The van der Waals surface area contributed by atoms with Crippen LogP contribution >= 0.6 is 11.6 Å². The van der Waals surface area contributed by atoms with E-state index in [0.717, 1.165) is 17.9 Å². The molecule has 0 spiro atoms. The van der Waals surface area contributed by atoms with Crippen LogP contribution in [0.3, 0.4) is 0 Å². The Morgan fingerprint density at radius 1 is 0.735 bits per heavy atom. The SMILES string of the molecule is Cc1cc2c(cc1C(C)(C)C)-c1cc(C(C)(C)C)c(C)[c](/[Zr+2]([C]3=CC=CC3)=[C](\c3ccc(Cl)cc3)c3cccc4ccccc34)c1C2.[Cl-].[Cl-]. The maximum Gasteiger partial charge on any atom is -1.00 e. The van der Waals surface area contributed by atoms with Crippen LogP contribution in [0.25, 0.3) is 21.9 Å². The molecule has 0 fully saturated rings. The Bertz CT molecular complexity index is 2160. The largest absolute Gasteiger partial charge is 1.00 e. The van der Waals surface area contributed by atoms with Gasteiger partial charge in [-0.3, -0.25) is 0 Å². The van der Waals surface area contributed by atoms with Crippen molar-refractivity contribution in [2.24, 2.45) is 0 Å². The molecule has 2 aliphatic rings. The molecule has 0 atom stereocenters. The van der Waals surface area contributed by atoms with Crippen molar-refractivity contribution in [2.45, 2.75) is 79.1 Å². The average Bonchev–Trinajstić information content (AvgIpc) is 3.67. The number of aryl methyl sites for hydroxylation is 1. The van der Waals surface area contributed by atoms with E-state index >= 15 is 0 Å². The molecule has 0 bridgehead atoms. The zero-order valence-electron chi connectivity index (χ0n) is 29.9. The molecule has 0 aromatic heterocycles. The zero-order chi connectivity index (χ0) is 33.2. The van der Waals surface area contributed by atoms with Crippen molar-refractivity contribution in [2.75, 3.05) is 0 Å². The normalized spacial score (nSPS) is 13.7. The van der Waals surface area contributed by atoms with Crippen LogP contribution in [0.2, 0.25) is 5.02 Å². The molecule has 0 nitrogen and oxygen atoms in total. The van der Waals surface area contributed by atoms with Gasteiger partial charge in [0.2, 0.25) is 0 Å². The maximum absolute atomic E-state index is 6.55. The summed E-state index contributed by atoms with van der Waals surface area (Å²) >= 11 is 3.63. The standard InChI is InChI=1S/C23H29.C17H11Cl.C5H5.2ClH.Zr/c1-14-9-16-11-17-10-15(2)21(23(6,7)8)13-19(17)18(16)12-20(14)22(3,4)5;18-16-10-8-13(9-11-16)12-15-6-3-5-14-4-1-2-7-17(14)15;1-2-4-5-3-1;;;/h9,12-13H,11H2,1-8H3;1-11H;1-3H,4H2;2*1H;/q;;;;;+2/p-2. The summed E-state index contributed by atoms with van der Waals surface area (Å²) in [6.45, 7) is 19.0. The van der Waals surface area contributed by atoms with Crippen LogP contribution in [-0.2, 0) is 38.5 Å². The number of rotatable bonds is 4. The van der Waals surface area contributed by atoms with Gasteiger partial charge in [0.15, 0.2) is 0 Å². The molecule has 49 heavy (non-hydrogen) atoms. The molecule has 0 saturated carbocycles. The summed E-state index contributed by atoms with van der Waals surface area (Å²) in [7, 11) is 0. The zero-order valence-corrected chi connectivity index (χ0v) is 34.6. The van der Waals surface area contributed by atoms with E-state index in [-0.39, 0.29) is 35.6 Å². The fourth-order valence-corrected chi connectivity index (χ4v) is 16.7. The van der Waals surface area contributed by atoms with Gasteiger partial charge in [0.25, 0.3) is 0 Å². The van der Waals surface area contributed by atoms with Crippen molar-refractivity contribution in [3.63, 3.8) is 0 Å². The van der Waals surface area contributed by atoms with E-state index in [1.165, 1.54) is 60.8 Å². The molecule has 2 aliphatic carbocycles. The molecule has 0 N–H and O–H groups in total. The number of fused-ring (bicyclic) bond motifs is 4. The fraction of sp³-hybridized carbons (Fsp3) is 0.267. The molecule has 0 saturated heterocycles. The second kappa shape index (κ2) is 14.2. The van der Waals surface area contributed by atoms with Gasteiger partial charge in [-0.2, -0.15) is 0 Å². The van der Waals surface area contributed by atoms with Crippen molar-refractivity contribution in [3.8, 4) is 11.1 Å². The molecule has 5 aromatic rings. The Morgan fingerprint density at radius 2 is 1.39 bits per heavy atom. The molecule has 5 aromatic carbocycles. The van der Waals surface area contributed by atoms with Crippen molar-refractivity contribution in [3.05, 3.63) is 156 Å². The van der Waals surface area contributed by atoms with Gasteiger partial charge >= 0.3 is 296 Å². The third kappa shape index (κ3) is 6.91. The van der Waals surface area contributed by atoms with E-state index in [9.17, 15) is 0 Å². The third-order valence-electron chi connectivity index (χ3n) is 10.2. The summed E-state index contributed by atoms with van der Waals surface area (Å²) in [5, 5.41) is 3.41. The predicted molar refractivity (Wildman–Crippen MR) is 202 cm³/mol. The first-order chi connectivity index (χ1) is 22.3. The molecule has 7 rings (SSSR count). The monoisotopic (exact) mass is 780 g/mol. The van der Waals surface area contributed by atoms with Gasteiger partial charge < -0.3 is 24.8 Å². The van der Waals surface area contributed by atoms with E-state index in [4.69, 9.17) is 11.6 Å². The molecule has 0 unspecified atom stereocenters. The summed E-state index contributed by atoms with van der Waals surface area (Å²) < 4.78 is 4.87. The molecule has 0 amide bonds. The van der Waals surface area contributed by atoms with Crippen LogP contribution in [0.4, 0.5) is 0 Å². The minimum absolute atomic E-state index is 0. The summed E-state index contributed by atoms with van der Waals surface area (Å²) in [4.78, 5) is 0. The van der Waals surface area contributed by atoms with E-state index in [0.29, 0.717) is 0 Å². The van der Waals surface area contributed by atoms with Crippen LogP contribution in [0.15, 0.2) is 106 Å². The first-order valence-corrected chi connectivity index (χ1v) is 21.1. The Morgan fingerprint density at radius 3 is 2.04 bits per heavy atom. The molecule has 4 heteroatoms. The topological polar surface area (TPSA) is 0 Å². The molecule has 0 aliphatic heterocycles. The number of hydrogen-bond acceptors (Lipinski definition) is 0. The average molecular weight is 783 g/mol. The van der Waals surface area contributed by atoms with Crippen LogP contribution in [0.5, 0.6) is 0 Å². The summed E-state index contributed by atoms with van der Waals surface area (Å²) in [5.74, 6) is 0. The first kappa shape index (κ1) is 37.7. The van der Waals surface area contributed by atoms with Crippen molar-refractivity contribution in [1.82, 2.24) is 0 Å². The van der Waals surface area contributed by atoms with Gasteiger partial charge in [-0.05, 0) is 0 Å². The second-order valence-electron chi connectivity index (χ2n) is 15.6. The number of benzene rings is 5. The summed E-state index contributed by atoms with van der Waals surface area (Å²) in [6.07, 6.45) is 9.18. The van der Waals surface area contributed by atoms with Gasteiger partial charge in [0.05, 0.1) is 0 Å². The molecule has 0 radical (unpaired) electrons. The summed E-state index contributed by atoms with van der Waals surface area (Å²) in [6, 6.07) is 32.2. The van der Waals surface area contributed by atoms with Crippen LogP contribution < -0.4 is 28.1 Å². The first-order valence-electron chi connectivity index (χ1n) is 17.0. The molecule has 0 heterocycles. The Labute approximate surface area is 318 Å². The minimum Gasteiger partial charge on any atom is -1.00 e. The maximum atomic E-state index is 6.55. The van der Waals surface area contributed by atoms with Gasteiger partial charge in [-0.15, -0.1) is 0 Å². The van der Waals surface area contributed by atoms with Gasteiger partial charge in [0, 0.05) is 0 Å². The van der Waals surface area contributed by atoms with E-state index < -0.39 is 21.3 Å². The third-order valence-corrected chi connectivity index (χ3v) is 18.4. The van der Waals surface area contributed by atoms with Crippen molar-refractivity contribution < 1.29 is 46.1 Å². The molecule has 250 valence electrons. The number of allylic oxidation sites excluding steroid dienone is 4. The van der Waals surface area contributed by atoms with Gasteiger partial charge in [-0.25, -0.2) is 0 Å². The fourth-order valence-electron chi connectivity index (χ4n) is 8.11. The van der Waals surface area contributed by atoms with Crippen molar-refractivity contribution >= 4 is 28.9 Å². The minimum atomic E-state index is -2.92. The second-order valence-corrected chi connectivity index (χ2v) is 21.9. The van der Waals surface area contributed by atoms with Crippen LogP contribution in [-0.4, -0.2) is 3.21 Å².